The molecule has 0 amide bonds. The fourth-order valence-corrected chi connectivity index (χ4v) is 2.60. The largest absolute Gasteiger partial charge is 0.383 e. The van der Waals surface area contributed by atoms with Crippen LogP contribution in [-0.2, 0) is 11.3 Å². The molecule has 0 aromatic heterocycles. The quantitative estimate of drug-likeness (QED) is 0.662. The van der Waals surface area contributed by atoms with E-state index in [-0.39, 0.29) is 0 Å². The standard InChI is InChI=1S/C17H29ClN2O/c1-5-8-19-12-15-6-7-17(16(18)11-15)20(9-10-21-4)13-14(2)3/h6-7,11,14,19H,5,8-10,12-13H2,1-4H3. The van der Waals surface area contributed by atoms with Crippen LogP contribution in [0, 0.1) is 5.92 Å². The molecule has 3 nitrogen and oxygen atoms in total. The fraction of sp³-hybridized carbons (Fsp3) is 0.647. The van der Waals surface area contributed by atoms with E-state index in [1.807, 2.05) is 0 Å². The van der Waals surface area contributed by atoms with Gasteiger partial charge >= 0.3 is 0 Å². The molecule has 1 aromatic carbocycles. The van der Waals surface area contributed by atoms with Gasteiger partial charge in [-0.3, -0.25) is 0 Å². The molecule has 0 heterocycles. The highest BCUT2D eigenvalue weighted by atomic mass is 35.5. The van der Waals surface area contributed by atoms with Crippen molar-refractivity contribution in [2.75, 3.05) is 38.3 Å². The third kappa shape index (κ3) is 6.68. The van der Waals surface area contributed by atoms with Crippen LogP contribution in [0.2, 0.25) is 5.02 Å². The van der Waals surface area contributed by atoms with Gasteiger partial charge in [-0.2, -0.15) is 0 Å². The number of rotatable bonds is 10. The summed E-state index contributed by atoms with van der Waals surface area (Å²) in [6.45, 7) is 11.1. The van der Waals surface area contributed by atoms with E-state index in [1.54, 1.807) is 7.11 Å². The molecule has 1 rings (SSSR count). The second-order valence-corrected chi connectivity index (χ2v) is 6.20. The topological polar surface area (TPSA) is 24.5 Å². The lowest BCUT2D eigenvalue weighted by Crippen LogP contribution is -2.31. The molecule has 0 unspecified atom stereocenters. The first-order valence-electron chi connectivity index (χ1n) is 7.81. The van der Waals surface area contributed by atoms with Crippen LogP contribution >= 0.6 is 11.6 Å². The molecule has 0 spiro atoms. The van der Waals surface area contributed by atoms with Gasteiger partial charge in [0.05, 0.1) is 17.3 Å². The van der Waals surface area contributed by atoms with Gasteiger partial charge in [-0.15, -0.1) is 0 Å². The molecule has 1 aromatic rings. The molecule has 1 N–H and O–H groups in total. The number of anilines is 1. The zero-order valence-corrected chi connectivity index (χ0v) is 14.5. The zero-order valence-electron chi connectivity index (χ0n) is 13.8. The van der Waals surface area contributed by atoms with Crippen LogP contribution in [-0.4, -0.2) is 33.4 Å². The Morgan fingerprint density at radius 1 is 1.33 bits per heavy atom. The van der Waals surface area contributed by atoms with E-state index in [0.717, 1.165) is 43.3 Å². The lowest BCUT2D eigenvalue weighted by Gasteiger charge is -2.27. The summed E-state index contributed by atoms with van der Waals surface area (Å²) in [5, 5.41) is 4.22. The third-order valence-corrected chi connectivity index (χ3v) is 3.56. The Labute approximate surface area is 134 Å². The number of nitrogens with one attached hydrogen (secondary N) is 1. The van der Waals surface area contributed by atoms with Gasteiger partial charge in [0.15, 0.2) is 0 Å². The summed E-state index contributed by atoms with van der Waals surface area (Å²) in [6, 6.07) is 6.35. The first kappa shape index (κ1) is 18.3. The molecule has 0 saturated heterocycles. The predicted octanol–water partition coefficient (Wildman–Crippen LogP) is 3.95. The molecular weight excluding hydrogens is 284 g/mol. The Kier molecular flexibility index (Phi) is 8.74. The minimum atomic E-state index is 0.587. The minimum Gasteiger partial charge on any atom is -0.383 e. The maximum atomic E-state index is 6.49. The van der Waals surface area contributed by atoms with Crippen molar-refractivity contribution >= 4 is 17.3 Å². The number of methoxy groups -OCH3 is 1. The summed E-state index contributed by atoms with van der Waals surface area (Å²) in [7, 11) is 1.73. The second-order valence-electron chi connectivity index (χ2n) is 5.80. The summed E-state index contributed by atoms with van der Waals surface area (Å²) in [6.07, 6.45) is 1.14. The van der Waals surface area contributed by atoms with Gasteiger partial charge in [0.25, 0.3) is 0 Å². The summed E-state index contributed by atoms with van der Waals surface area (Å²) < 4.78 is 5.21. The van der Waals surface area contributed by atoms with Crippen LogP contribution in [0.4, 0.5) is 5.69 Å². The molecule has 0 bridgehead atoms. The number of hydrogen-bond acceptors (Lipinski definition) is 3. The lowest BCUT2D eigenvalue weighted by molar-refractivity contribution is 0.204. The van der Waals surface area contributed by atoms with Gasteiger partial charge in [0.2, 0.25) is 0 Å². The van der Waals surface area contributed by atoms with Gasteiger partial charge in [0.1, 0.15) is 0 Å². The molecular formula is C17H29ClN2O. The van der Waals surface area contributed by atoms with Gasteiger partial charge in [-0.25, -0.2) is 0 Å². The summed E-state index contributed by atoms with van der Waals surface area (Å²) in [4.78, 5) is 2.31. The summed E-state index contributed by atoms with van der Waals surface area (Å²) in [5.74, 6) is 0.587. The number of hydrogen-bond donors (Lipinski definition) is 1. The highest BCUT2D eigenvalue weighted by molar-refractivity contribution is 6.33. The average Bonchev–Trinajstić information content (AvgIpc) is 2.44. The minimum absolute atomic E-state index is 0.587. The van der Waals surface area contributed by atoms with E-state index in [9.17, 15) is 0 Å². The van der Waals surface area contributed by atoms with Gasteiger partial charge in [-0.05, 0) is 36.6 Å². The molecule has 0 aliphatic rings. The van der Waals surface area contributed by atoms with Crippen LogP contribution in [0.15, 0.2) is 18.2 Å². The van der Waals surface area contributed by atoms with E-state index in [0.29, 0.717) is 12.5 Å². The number of benzene rings is 1. The van der Waals surface area contributed by atoms with Gasteiger partial charge < -0.3 is 15.0 Å². The average molecular weight is 313 g/mol. The van der Waals surface area contributed by atoms with E-state index in [1.165, 1.54) is 5.56 Å². The highest BCUT2D eigenvalue weighted by Crippen LogP contribution is 2.27. The van der Waals surface area contributed by atoms with Crippen molar-refractivity contribution in [1.82, 2.24) is 5.32 Å². The van der Waals surface area contributed by atoms with Crippen molar-refractivity contribution < 1.29 is 4.74 Å². The van der Waals surface area contributed by atoms with Crippen LogP contribution < -0.4 is 10.2 Å². The van der Waals surface area contributed by atoms with E-state index >= 15 is 0 Å². The van der Waals surface area contributed by atoms with Crippen molar-refractivity contribution in [2.24, 2.45) is 5.92 Å². The van der Waals surface area contributed by atoms with Crippen LogP contribution in [0.25, 0.3) is 0 Å². The summed E-state index contributed by atoms with van der Waals surface area (Å²) >= 11 is 6.49. The highest BCUT2D eigenvalue weighted by Gasteiger charge is 2.12. The van der Waals surface area contributed by atoms with Crippen LogP contribution in [0.3, 0.4) is 0 Å². The van der Waals surface area contributed by atoms with E-state index in [4.69, 9.17) is 16.3 Å². The molecule has 0 fully saturated rings. The fourth-order valence-electron chi connectivity index (χ4n) is 2.28. The molecule has 0 atom stereocenters. The predicted molar refractivity (Wildman–Crippen MR) is 92.4 cm³/mol. The molecule has 0 aliphatic carbocycles. The van der Waals surface area contributed by atoms with E-state index < -0.39 is 0 Å². The number of halogens is 1. The van der Waals surface area contributed by atoms with Gasteiger partial charge in [-0.1, -0.05) is 38.4 Å². The lowest BCUT2D eigenvalue weighted by atomic mass is 10.1. The second kappa shape index (κ2) is 10.0. The van der Waals surface area contributed by atoms with Gasteiger partial charge in [0, 0.05) is 26.7 Å². The number of nitrogens with zero attached hydrogens (tertiary/aromatic N) is 1. The Balaban J connectivity index is 2.78. The first-order chi connectivity index (χ1) is 10.1. The van der Waals surface area contributed by atoms with Crippen molar-refractivity contribution in [2.45, 2.75) is 33.7 Å². The van der Waals surface area contributed by atoms with Crippen molar-refractivity contribution in [3.05, 3.63) is 28.8 Å². The normalized spacial score (nSPS) is 11.1. The molecule has 0 radical (unpaired) electrons. The molecule has 0 aliphatic heterocycles. The van der Waals surface area contributed by atoms with Crippen molar-refractivity contribution in [3.8, 4) is 0 Å². The summed E-state index contributed by atoms with van der Waals surface area (Å²) in [5.41, 5.74) is 2.33. The van der Waals surface area contributed by atoms with Crippen molar-refractivity contribution in [3.63, 3.8) is 0 Å². The third-order valence-electron chi connectivity index (χ3n) is 3.26. The first-order valence-corrected chi connectivity index (χ1v) is 8.19. The Morgan fingerprint density at radius 3 is 2.67 bits per heavy atom. The number of ether oxygens (including phenoxy) is 1. The maximum Gasteiger partial charge on any atom is 0.0642 e. The van der Waals surface area contributed by atoms with E-state index in [2.05, 4.69) is 49.2 Å². The smallest absolute Gasteiger partial charge is 0.0642 e. The Morgan fingerprint density at radius 2 is 2.10 bits per heavy atom. The Hall–Kier alpha value is -0.770. The maximum absolute atomic E-state index is 6.49. The molecule has 0 saturated carbocycles. The zero-order chi connectivity index (χ0) is 15.7. The van der Waals surface area contributed by atoms with Crippen molar-refractivity contribution in [1.29, 1.82) is 0 Å². The monoisotopic (exact) mass is 312 g/mol. The SMILES string of the molecule is CCCNCc1ccc(N(CCOC)CC(C)C)c(Cl)c1. The van der Waals surface area contributed by atoms with Crippen LogP contribution in [0.5, 0.6) is 0 Å². The molecule has 4 heteroatoms. The molecule has 21 heavy (non-hydrogen) atoms. The molecule has 120 valence electrons. The van der Waals surface area contributed by atoms with Crippen LogP contribution in [0.1, 0.15) is 32.8 Å². The Bertz CT molecular complexity index is 410.